The minimum absolute atomic E-state index is 0.119. The molecule has 0 saturated heterocycles. The number of benzene rings is 2. The minimum atomic E-state index is -1.08. The molecule has 0 aliphatic heterocycles. The molecule has 8 nitrogen and oxygen atoms in total. The van der Waals surface area contributed by atoms with Crippen molar-refractivity contribution in [3.63, 3.8) is 0 Å². The number of methoxy groups -OCH3 is 2. The highest BCUT2D eigenvalue weighted by molar-refractivity contribution is 6.35. The average Bonchev–Trinajstić information content (AvgIpc) is 2.64. The normalized spacial score (nSPS) is 9.85. The molecule has 0 atom stereocenters. The molecule has 0 aliphatic rings. The number of rotatable bonds is 6. The van der Waals surface area contributed by atoms with Crippen molar-refractivity contribution < 1.29 is 27.8 Å². The van der Waals surface area contributed by atoms with Gasteiger partial charge < -0.3 is 9.47 Å². The average molecular weight is 366 g/mol. The third-order valence-corrected chi connectivity index (χ3v) is 3.15. The van der Waals surface area contributed by atoms with Gasteiger partial charge in [0.05, 0.1) is 25.6 Å². The minimum Gasteiger partial charge on any atom is -0.495 e. The molecule has 0 unspecified atom stereocenters. The van der Waals surface area contributed by atoms with Crippen molar-refractivity contribution in [2.75, 3.05) is 25.1 Å². The molecule has 0 heterocycles. The molecule has 0 aromatic heterocycles. The summed E-state index contributed by atoms with van der Waals surface area (Å²) in [6.07, 6.45) is 0. The first-order valence-corrected chi connectivity index (χ1v) is 7.24. The summed E-state index contributed by atoms with van der Waals surface area (Å²) in [6.45, 7) is 0. The van der Waals surface area contributed by atoms with Gasteiger partial charge in [0.1, 0.15) is 23.1 Å². The van der Waals surface area contributed by atoms with Crippen LogP contribution in [0.2, 0.25) is 0 Å². The second-order valence-electron chi connectivity index (χ2n) is 4.85. The van der Waals surface area contributed by atoms with E-state index in [1.54, 1.807) is 0 Å². The van der Waals surface area contributed by atoms with Crippen LogP contribution in [0.1, 0.15) is 0 Å². The molecular formula is C16H16F2N4O4. The highest BCUT2D eigenvalue weighted by Crippen LogP contribution is 2.24. The molecule has 0 saturated carbocycles. The Balaban J connectivity index is 1.93. The van der Waals surface area contributed by atoms with E-state index in [0.29, 0.717) is 0 Å². The van der Waals surface area contributed by atoms with E-state index < -0.39 is 23.4 Å². The van der Waals surface area contributed by atoms with Crippen molar-refractivity contribution in [3.8, 4) is 11.5 Å². The number of hydrogen-bond acceptors (Lipinski definition) is 6. The number of ether oxygens (including phenoxy) is 2. The molecule has 2 aromatic rings. The fraction of sp³-hybridized carbons (Fsp3) is 0.125. The summed E-state index contributed by atoms with van der Waals surface area (Å²) in [5.41, 5.74) is 9.16. The number of anilines is 2. The molecule has 2 aromatic carbocycles. The Morgan fingerprint density at radius 2 is 1.15 bits per heavy atom. The summed E-state index contributed by atoms with van der Waals surface area (Å²) in [6, 6.07) is 7.20. The number of hydrazine groups is 2. The van der Waals surface area contributed by atoms with Crippen molar-refractivity contribution in [2.24, 2.45) is 0 Å². The fourth-order valence-electron chi connectivity index (χ4n) is 1.92. The molecule has 2 rings (SSSR count). The van der Waals surface area contributed by atoms with E-state index in [1.165, 1.54) is 38.5 Å². The summed E-state index contributed by atoms with van der Waals surface area (Å²) in [5, 5.41) is 0. The number of carbonyl (C=O) groups excluding carboxylic acids is 2. The highest BCUT2D eigenvalue weighted by atomic mass is 19.1. The van der Waals surface area contributed by atoms with Crippen LogP contribution >= 0.6 is 0 Å². The van der Waals surface area contributed by atoms with Gasteiger partial charge in [-0.1, -0.05) is 0 Å². The summed E-state index contributed by atoms with van der Waals surface area (Å²) in [5.74, 6) is -2.78. The molecule has 138 valence electrons. The Bertz CT molecular complexity index is 749. The number of nitrogens with one attached hydrogen (secondary N) is 4. The summed E-state index contributed by atoms with van der Waals surface area (Å²) < 4.78 is 36.5. The first-order valence-electron chi connectivity index (χ1n) is 7.24. The van der Waals surface area contributed by atoms with Crippen LogP contribution in [0.4, 0.5) is 20.2 Å². The topological polar surface area (TPSA) is 101 Å². The van der Waals surface area contributed by atoms with Crippen LogP contribution in [0.5, 0.6) is 11.5 Å². The first kappa shape index (κ1) is 18.8. The lowest BCUT2D eigenvalue weighted by Gasteiger charge is -2.14. The first-order chi connectivity index (χ1) is 12.4. The predicted molar refractivity (Wildman–Crippen MR) is 89.4 cm³/mol. The maximum absolute atomic E-state index is 13.2. The molecule has 4 N–H and O–H groups in total. The number of carbonyl (C=O) groups is 2. The van der Waals surface area contributed by atoms with Crippen LogP contribution in [0.25, 0.3) is 0 Å². The van der Waals surface area contributed by atoms with Gasteiger partial charge in [-0.3, -0.25) is 31.3 Å². The van der Waals surface area contributed by atoms with Gasteiger partial charge in [0, 0.05) is 12.1 Å². The van der Waals surface area contributed by atoms with E-state index in [-0.39, 0.29) is 22.9 Å². The lowest BCUT2D eigenvalue weighted by molar-refractivity contribution is -0.138. The third kappa shape index (κ3) is 4.72. The smallest absolute Gasteiger partial charge is 0.329 e. The maximum atomic E-state index is 13.2. The van der Waals surface area contributed by atoms with E-state index in [9.17, 15) is 18.4 Å². The Morgan fingerprint density at radius 1 is 0.769 bits per heavy atom. The van der Waals surface area contributed by atoms with Crippen LogP contribution in [0.3, 0.4) is 0 Å². The van der Waals surface area contributed by atoms with Gasteiger partial charge in [-0.25, -0.2) is 8.78 Å². The molecule has 0 bridgehead atoms. The molecule has 2 amide bonds. The molecule has 0 radical (unpaired) electrons. The van der Waals surface area contributed by atoms with Crippen molar-refractivity contribution in [1.29, 1.82) is 0 Å². The molecule has 0 aliphatic carbocycles. The van der Waals surface area contributed by atoms with Gasteiger partial charge >= 0.3 is 11.8 Å². The van der Waals surface area contributed by atoms with Crippen molar-refractivity contribution >= 4 is 23.2 Å². The lowest BCUT2D eigenvalue weighted by Crippen LogP contribution is -2.44. The zero-order valence-electron chi connectivity index (χ0n) is 13.9. The van der Waals surface area contributed by atoms with E-state index >= 15 is 0 Å². The summed E-state index contributed by atoms with van der Waals surface area (Å²) in [7, 11) is 2.73. The monoisotopic (exact) mass is 366 g/mol. The number of hydrogen-bond donors (Lipinski definition) is 4. The Labute approximate surface area is 147 Å². The van der Waals surface area contributed by atoms with Crippen LogP contribution in [-0.4, -0.2) is 26.0 Å². The fourth-order valence-corrected chi connectivity index (χ4v) is 1.92. The Morgan fingerprint density at radius 3 is 1.50 bits per heavy atom. The van der Waals surface area contributed by atoms with Gasteiger partial charge in [0.2, 0.25) is 0 Å². The summed E-state index contributed by atoms with van der Waals surface area (Å²) >= 11 is 0. The van der Waals surface area contributed by atoms with Gasteiger partial charge in [-0.2, -0.15) is 0 Å². The van der Waals surface area contributed by atoms with Crippen molar-refractivity contribution in [1.82, 2.24) is 10.9 Å². The zero-order valence-corrected chi connectivity index (χ0v) is 13.9. The quantitative estimate of drug-likeness (QED) is 0.457. The second-order valence-corrected chi connectivity index (χ2v) is 4.85. The second kappa shape index (κ2) is 8.51. The van der Waals surface area contributed by atoms with Gasteiger partial charge in [-0.15, -0.1) is 0 Å². The predicted octanol–water partition coefficient (Wildman–Crippen LogP) is 1.57. The molecule has 0 fully saturated rings. The van der Waals surface area contributed by atoms with Gasteiger partial charge in [-0.05, 0) is 24.3 Å². The lowest BCUT2D eigenvalue weighted by atomic mass is 10.3. The van der Waals surface area contributed by atoms with E-state index in [1.807, 2.05) is 0 Å². The van der Waals surface area contributed by atoms with E-state index in [4.69, 9.17) is 9.47 Å². The van der Waals surface area contributed by atoms with Crippen LogP contribution < -0.4 is 31.2 Å². The van der Waals surface area contributed by atoms with E-state index in [0.717, 1.165) is 12.1 Å². The zero-order chi connectivity index (χ0) is 19.1. The van der Waals surface area contributed by atoms with Gasteiger partial charge in [0.15, 0.2) is 0 Å². The van der Waals surface area contributed by atoms with Crippen LogP contribution in [0, 0.1) is 11.6 Å². The Kier molecular flexibility index (Phi) is 6.15. The van der Waals surface area contributed by atoms with Crippen LogP contribution in [-0.2, 0) is 9.59 Å². The number of amides is 2. The molecule has 0 spiro atoms. The molecular weight excluding hydrogens is 350 g/mol. The Hall–Kier alpha value is -3.56. The third-order valence-electron chi connectivity index (χ3n) is 3.15. The molecule has 26 heavy (non-hydrogen) atoms. The SMILES string of the molecule is COc1ccc(F)cc1NNC(=O)C(=O)NNc1cc(F)ccc1OC. The number of halogens is 2. The van der Waals surface area contributed by atoms with Crippen molar-refractivity contribution in [2.45, 2.75) is 0 Å². The van der Waals surface area contributed by atoms with Crippen molar-refractivity contribution in [3.05, 3.63) is 48.0 Å². The van der Waals surface area contributed by atoms with E-state index in [2.05, 4.69) is 21.7 Å². The standard InChI is InChI=1S/C16H16F2N4O4/c1-25-13-5-3-9(17)7-11(13)19-21-15(23)16(24)22-20-12-8-10(18)4-6-14(12)26-2/h3-8,19-20H,1-2H3,(H,21,23)(H,22,24). The maximum Gasteiger partial charge on any atom is 0.329 e. The largest absolute Gasteiger partial charge is 0.495 e. The van der Waals surface area contributed by atoms with Crippen LogP contribution in [0.15, 0.2) is 36.4 Å². The highest BCUT2D eigenvalue weighted by Gasteiger charge is 2.15. The molecule has 10 heteroatoms. The summed E-state index contributed by atoms with van der Waals surface area (Å²) in [4.78, 5) is 23.6. The van der Waals surface area contributed by atoms with Gasteiger partial charge in [0.25, 0.3) is 0 Å².